The number of aromatic nitrogens is 2. The van der Waals surface area contributed by atoms with E-state index in [-0.39, 0.29) is 0 Å². The van der Waals surface area contributed by atoms with Crippen LogP contribution in [0.15, 0.2) is 12.4 Å². The molecule has 0 atom stereocenters. The summed E-state index contributed by atoms with van der Waals surface area (Å²) in [4.78, 5) is 8.31. The van der Waals surface area contributed by atoms with Crippen molar-refractivity contribution in [2.45, 2.75) is 54.4 Å². The Morgan fingerprint density at radius 1 is 0.857 bits per heavy atom. The van der Waals surface area contributed by atoms with Gasteiger partial charge in [-0.2, -0.15) is 0 Å². The zero-order chi connectivity index (χ0) is 11.4. The summed E-state index contributed by atoms with van der Waals surface area (Å²) in [7, 11) is 0. The Labute approximate surface area is 88.8 Å². The van der Waals surface area contributed by atoms with Gasteiger partial charge in [0.25, 0.3) is 0 Å². The van der Waals surface area contributed by atoms with E-state index in [1.165, 1.54) is 5.56 Å². The van der Waals surface area contributed by atoms with Gasteiger partial charge in [0.15, 0.2) is 0 Å². The van der Waals surface area contributed by atoms with Crippen LogP contribution in [0.1, 0.15) is 52.9 Å². The molecule has 0 N–H and O–H groups in total. The van der Waals surface area contributed by atoms with Crippen LogP contribution in [0.4, 0.5) is 0 Å². The lowest BCUT2D eigenvalue weighted by Gasteiger charge is -1.95. The highest BCUT2D eigenvalue weighted by atomic mass is 14.8. The lowest BCUT2D eigenvalue weighted by atomic mass is 10.3. The Morgan fingerprint density at radius 3 is 1.57 bits per heavy atom. The van der Waals surface area contributed by atoms with E-state index in [1.807, 2.05) is 40.1 Å². The van der Waals surface area contributed by atoms with Crippen molar-refractivity contribution in [1.82, 2.24) is 9.97 Å². The first kappa shape index (κ1) is 15.5. The Hall–Kier alpha value is -0.920. The number of nitrogens with zero attached hydrogens (tertiary/aromatic N) is 2. The molecule has 1 rings (SSSR count). The van der Waals surface area contributed by atoms with Crippen molar-refractivity contribution in [3.05, 3.63) is 23.8 Å². The van der Waals surface area contributed by atoms with Crippen molar-refractivity contribution >= 4 is 0 Å². The molecular weight excluding hydrogens is 172 g/mol. The molecule has 1 aromatic heterocycles. The smallest absolute Gasteiger partial charge is 0.127 e. The molecule has 1 aromatic rings. The Bertz CT molecular complexity index is 169. The average Bonchev–Trinajstić information content (AvgIpc) is 2.34. The molecule has 0 aliphatic rings. The Morgan fingerprint density at radius 2 is 1.29 bits per heavy atom. The molecule has 0 saturated heterocycles. The van der Waals surface area contributed by atoms with Crippen molar-refractivity contribution in [3.63, 3.8) is 0 Å². The van der Waals surface area contributed by atoms with Gasteiger partial charge in [-0.3, -0.25) is 0 Å². The van der Waals surface area contributed by atoms with E-state index >= 15 is 0 Å². The van der Waals surface area contributed by atoms with Crippen molar-refractivity contribution in [2.24, 2.45) is 0 Å². The van der Waals surface area contributed by atoms with E-state index in [4.69, 9.17) is 0 Å². The van der Waals surface area contributed by atoms with Crippen LogP contribution >= 0.6 is 0 Å². The highest BCUT2D eigenvalue weighted by Crippen LogP contribution is 1.96. The minimum atomic E-state index is 0.921. The molecule has 0 radical (unpaired) electrons. The molecule has 0 bridgehead atoms. The fraction of sp³-hybridized carbons (Fsp3) is 0.667. The molecule has 2 nitrogen and oxygen atoms in total. The normalized spacial score (nSPS) is 7.86. The molecule has 82 valence electrons. The van der Waals surface area contributed by atoms with Gasteiger partial charge in [0.1, 0.15) is 5.82 Å². The maximum absolute atomic E-state index is 4.16. The van der Waals surface area contributed by atoms with Crippen molar-refractivity contribution in [1.29, 1.82) is 0 Å². The first-order chi connectivity index (χ1) is 6.86. The standard InChI is InChI=1S/C8H12N2.2C2H6/c1-3-7-5-9-8(4-2)10-6-7;2*1-2/h5-6H,3-4H2,1-2H3;2*1-2H3. The van der Waals surface area contributed by atoms with Crippen LogP contribution in [0.5, 0.6) is 0 Å². The molecular formula is C12H24N2. The molecule has 0 spiro atoms. The molecule has 0 fully saturated rings. The first-order valence-corrected chi connectivity index (χ1v) is 5.66. The highest BCUT2D eigenvalue weighted by Gasteiger charge is 1.91. The lowest BCUT2D eigenvalue weighted by Crippen LogP contribution is -1.93. The SMILES string of the molecule is CC.CC.CCc1cnc(CC)nc1. The summed E-state index contributed by atoms with van der Waals surface area (Å²) >= 11 is 0. The van der Waals surface area contributed by atoms with Gasteiger partial charge in [-0.1, -0.05) is 41.5 Å². The molecule has 0 aromatic carbocycles. The van der Waals surface area contributed by atoms with Crippen LogP contribution in [-0.2, 0) is 12.8 Å². The van der Waals surface area contributed by atoms with E-state index in [1.54, 1.807) is 0 Å². The average molecular weight is 196 g/mol. The number of hydrogen-bond donors (Lipinski definition) is 0. The molecule has 0 aliphatic carbocycles. The van der Waals surface area contributed by atoms with Crippen LogP contribution in [0.3, 0.4) is 0 Å². The molecule has 0 saturated carbocycles. The number of rotatable bonds is 2. The third kappa shape index (κ3) is 6.58. The van der Waals surface area contributed by atoms with Crippen LogP contribution < -0.4 is 0 Å². The first-order valence-electron chi connectivity index (χ1n) is 5.66. The molecule has 0 amide bonds. The van der Waals surface area contributed by atoms with E-state index in [2.05, 4.69) is 23.8 Å². The van der Waals surface area contributed by atoms with Crippen LogP contribution in [0, 0.1) is 0 Å². The molecule has 14 heavy (non-hydrogen) atoms. The second-order valence-corrected chi connectivity index (χ2v) is 2.21. The second-order valence-electron chi connectivity index (χ2n) is 2.21. The third-order valence-electron chi connectivity index (χ3n) is 1.48. The largest absolute Gasteiger partial charge is 0.241 e. The Balaban J connectivity index is 0. The topological polar surface area (TPSA) is 25.8 Å². The predicted molar refractivity (Wildman–Crippen MR) is 63.5 cm³/mol. The van der Waals surface area contributed by atoms with E-state index in [0.29, 0.717) is 0 Å². The number of aryl methyl sites for hydroxylation is 2. The van der Waals surface area contributed by atoms with Gasteiger partial charge in [-0.25, -0.2) is 9.97 Å². The fourth-order valence-corrected chi connectivity index (χ4v) is 0.747. The highest BCUT2D eigenvalue weighted by molar-refractivity contribution is 5.04. The van der Waals surface area contributed by atoms with E-state index in [0.717, 1.165) is 18.7 Å². The molecule has 0 aliphatic heterocycles. The van der Waals surface area contributed by atoms with Crippen LogP contribution in [0.2, 0.25) is 0 Å². The minimum absolute atomic E-state index is 0.921. The molecule has 0 unspecified atom stereocenters. The number of hydrogen-bond acceptors (Lipinski definition) is 2. The minimum Gasteiger partial charge on any atom is -0.241 e. The summed E-state index contributed by atoms with van der Waals surface area (Å²) in [6.45, 7) is 12.2. The van der Waals surface area contributed by atoms with Gasteiger partial charge in [0.2, 0.25) is 0 Å². The zero-order valence-corrected chi connectivity index (χ0v) is 10.5. The molecule has 2 heteroatoms. The monoisotopic (exact) mass is 196 g/mol. The summed E-state index contributed by atoms with van der Waals surface area (Å²) in [5.41, 5.74) is 1.21. The van der Waals surface area contributed by atoms with Crippen molar-refractivity contribution in [2.75, 3.05) is 0 Å². The van der Waals surface area contributed by atoms with E-state index < -0.39 is 0 Å². The maximum Gasteiger partial charge on any atom is 0.127 e. The van der Waals surface area contributed by atoms with Crippen molar-refractivity contribution in [3.8, 4) is 0 Å². The van der Waals surface area contributed by atoms with E-state index in [9.17, 15) is 0 Å². The van der Waals surface area contributed by atoms with Gasteiger partial charge in [0, 0.05) is 18.8 Å². The van der Waals surface area contributed by atoms with Crippen LogP contribution in [-0.4, -0.2) is 9.97 Å². The fourth-order valence-electron chi connectivity index (χ4n) is 0.747. The maximum atomic E-state index is 4.16. The van der Waals surface area contributed by atoms with Gasteiger partial charge in [0.05, 0.1) is 0 Å². The zero-order valence-electron chi connectivity index (χ0n) is 10.5. The van der Waals surface area contributed by atoms with Gasteiger partial charge >= 0.3 is 0 Å². The predicted octanol–water partition coefficient (Wildman–Crippen LogP) is 3.65. The van der Waals surface area contributed by atoms with Crippen LogP contribution in [0.25, 0.3) is 0 Å². The van der Waals surface area contributed by atoms with Crippen molar-refractivity contribution < 1.29 is 0 Å². The summed E-state index contributed by atoms with van der Waals surface area (Å²) in [6, 6.07) is 0. The summed E-state index contributed by atoms with van der Waals surface area (Å²) in [5.74, 6) is 0.928. The summed E-state index contributed by atoms with van der Waals surface area (Å²) < 4.78 is 0. The van der Waals surface area contributed by atoms with Gasteiger partial charge < -0.3 is 0 Å². The third-order valence-corrected chi connectivity index (χ3v) is 1.48. The van der Waals surface area contributed by atoms with Gasteiger partial charge in [-0.15, -0.1) is 0 Å². The molecule has 1 heterocycles. The second kappa shape index (κ2) is 12.1. The lowest BCUT2D eigenvalue weighted by molar-refractivity contribution is 0.913. The summed E-state index contributed by atoms with van der Waals surface area (Å²) in [6.07, 6.45) is 5.73. The quantitative estimate of drug-likeness (QED) is 0.721. The van der Waals surface area contributed by atoms with Gasteiger partial charge in [-0.05, 0) is 12.0 Å². The summed E-state index contributed by atoms with van der Waals surface area (Å²) in [5, 5.41) is 0. The Kier molecular flexibility index (Phi) is 13.4.